The van der Waals surface area contributed by atoms with Crippen LogP contribution < -0.4 is 25.7 Å². The molecule has 2 aromatic carbocycles. The number of benzene rings is 2. The molecule has 2 heterocycles. The molecule has 0 radical (unpaired) electrons. The predicted octanol–water partition coefficient (Wildman–Crippen LogP) is 2.97. The summed E-state index contributed by atoms with van der Waals surface area (Å²) in [5.41, 5.74) is 3.50. The lowest BCUT2D eigenvalue weighted by molar-refractivity contribution is 0.354. The highest BCUT2D eigenvalue weighted by atomic mass is 16.5. The maximum atomic E-state index is 12.5. The summed E-state index contributed by atoms with van der Waals surface area (Å²) in [4.78, 5) is 21.3. The number of aromatic nitrogens is 4. The van der Waals surface area contributed by atoms with E-state index in [2.05, 4.69) is 25.7 Å². The fourth-order valence-electron chi connectivity index (χ4n) is 3.22. The van der Waals surface area contributed by atoms with Crippen molar-refractivity contribution in [1.82, 2.24) is 19.6 Å². The van der Waals surface area contributed by atoms with E-state index >= 15 is 0 Å². The number of nitrogens with one attached hydrogen (secondary N) is 3. The molecule has 0 fully saturated rings. The number of aromatic amines is 1. The monoisotopic (exact) mass is 420 g/mol. The van der Waals surface area contributed by atoms with Gasteiger partial charge in [-0.1, -0.05) is 18.2 Å². The van der Waals surface area contributed by atoms with Crippen LogP contribution in [0, 0.1) is 6.92 Å². The Bertz CT molecular complexity index is 1260. The number of ether oxygens (including phenoxy) is 2. The van der Waals surface area contributed by atoms with Gasteiger partial charge in [0.15, 0.2) is 11.5 Å². The van der Waals surface area contributed by atoms with Crippen LogP contribution in [0.1, 0.15) is 16.8 Å². The largest absolute Gasteiger partial charge is 0.493 e. The van der Waals surface area contributed by atoms with E-state index in [4.69, 9.17) is 9.47 Å². The number of aryl methyl sites for hydroxylation is 1. The lowest BCUT2D eigenvalue weighted by atomic mass is 10.2. The van der Waals surface area contributed by atoms with Crippen molar-refractivity contribution in [3.8, 4) is 11.5 Å². The van der Waals surface area contributed by atoms with Gasteiger partial charge in [-0.15, -0.1) is 0 Å². The van der Waals surface area contributed by atoms with E-state index in [0.29, 0.717) is 42.0 Å². The maximum absolute atomic E-state index is 12.5. The summed E-state index contributed by atoms with van der Waals surface area (Å²) < 4.78 is 11.9. The Morgan fingerprint density at radius 3 is 2.58 bits per heavy atom. The number of rotatable bonds is 8. The number of nitrogens with zero attached hydrogens (tertiary/aromatic N) is 3. The van der Waals surface area contributed by atoms with E-state index in [1.54, 1.807) is 14.2 Å². The van der Waals surface area contributed by atoms with Gasteiger partial charge < -0.3 is 20.1 Å². The molecule has 4 rings (SSSR count). The van der Waals surface area contributed by atoms with Gasteiger partial charge in [-0.3, -0.25) is 9.89 Å². The third kappa shape index (κ3) is 4.61. The Morgan fingerprint density at radius 1 is 0.968 bits per heavy atom. The first-order chi connectivity index (χ1) is 15.1. The van der Waals surface area contributed by atoms with Gasteiger partial charge in [0.1, 0.15) is 0 Å². The van der Waals surface area contributed by atoms with Crippen molar-refractivity contribution in [3.05, 3.63) is 75.7 Å². The van der Waals surface area contributed by atoms with Crippen LogP contribution in [0.4, 0.5) is 11.6 Å². The molecule has 3 N–H and O–H groups in total. The Labute approximate surface area is 179 Å². The predicted molar refractivity (Wildman–Crippen MR) is 119 cm³/mol. The molecule has 0 saturated carbocycles. The molecule has 9 nitrogen and oxygen atoms in total. The third-order valence-corrected chi connectivity index (χ3v) is 4.78. The fourth-order valence-corrected chi connectivity index (χ4v) is 3.22. The van der Waals surface area contributed by atoms with Crippen molar-refractivity contribution in [2.24, 2.45) is 0 Å². The topological polar surface area (TPSA) is 106 Å². The molecule has 0 atom stereocenters. The quantitative estimate of drug-likeness (QED) is 0.402. The third-order valence-electron chi connectivity index (χ3n) is 4.78. The molecule has 0 aliphatic carbocycles. The maximum Gasteiger partial charge on any atom is 0.274 e. The lowest BCUT2D eigenvalue weighted by Crippen LogP contribution is -2.17. The van der Waals surface area contributed by atoms with E-state index in [1.807, 2.05) is 49.4 Å². The minimum atomic E-state index is -0.224. The van der Waals surface area contributed by atoms with Gasteiger partial charge in [0, 0.05) is 18.3 Å². The summed E-state index contributed by atoms with van der Waals surface area (Å²) >= 11 is 0. The molecule has 0 unspecified atom stereocenters. The molecule has 0 spiro atoms. The van der Waals surface area contributed by atoms with Crippen LogP contribution >= 0.6 is 0 Å². The summed E-state index contributed by atoms with van der Waals surface area (Å²) in [6.45, 7) is 2.94. The molecule has 31 heavy (non-hydrogen) atoms. The summed E-state index contributed by atoms with van der Waals surface area (Å²) in [5.74, 6) is 2.07. The zero-order valence-corrected chi connectivity index (χ0v) is 17.6. The smallest absolute Gasteiger partial charge is 0.274 e. The van der Waals surface area contributed by atoms with E-state index < -0.39 is 0 Å². The molecule has 0 amide bonds. The summed E-state index contributed by atoms with van der Waals surface area (Å²) in [6.07, 6.45) is 0. The Balaban J connectivity index is 1.47. The van der Waals surface area contributed by atoms with Crippen LogP contribution in [0.3, 0.4) is 0 Å². The second kappa shape index (κ2) is 8.78. The molecule has 0 saturated heterocycles. The van der Waals surface area contributed by atoms with Gasteiger partial charge in [-0.2, -0.15) is 9.50 Å². The highest BCUT2D eigenvalue weighted by Gasteiger charge is 2.09. The van der Waals surface area contributed by atoms with E-state index in [0.717, 1.165) is 16.8 Å². The molecular formula is C22H24N6O3. The molecule has 4 aromatic rings. The Morgan fingerprint density at radius 2 is 1.81 bits per heavy atom. The minimum absolute atomic E-state index is 0.224. The summed E-state index contributed by atoms with van der Waals surface area (Å²) in [7, 11) is 3.19. The zero-order valence-electron chi connectivity index (χ0n) is 17.6. The normalized spacial score (nSPS) is 10.8. The average Bonchev–Trinajstić information content (AvgIpc) is 3.20. The number of anilines is 2. The highest BCUT2D eigenvalue weighted by molar-refractivity contribution is 5.46. The second-order valence-electron chi connectivity index (χ2n) is 7.06. The number of hydrogen-bond donors (Lipinski definition) is 3. The number of fused-ring (bicyclic) bond motifs is 1. The fraction of sp³-hybridized carbons (Fsp3) is 0.227. The van der Waals surface area contributed by atoms with Crippen LogP contribution in [-0.4, -0.2) is 33.8 Å². The molecule has 0 aliphatic rings. The van der Waals surface area contributed by atoms with Crippen molar-refractivity contribution in [3.63, 3.8) is 0 Å². The van der Waals surface area contributed by atoms with Gasteiger partial charge in [0.05, 0.1) is 26.5 Å². The second-order valence-corrected chi connectivity index (χ2v) is 7.06. The van der Waals surface area contributed by atoms with Crippen molar-refractivity contribution < 1.29 is 9.47 Å². The lowest BCUT2D eigenvalue weighted by Gasteiger charge is -2.09. The van der Waals surface area contributed by atoms with E-state index in [-0.39, 0.29) is 5.56 Å². The zero-order chi connectivity index (χ0) is 21.8. The van der Waals surface area contributed by atoms with Crippen molar-refractivity contribution in [2.75, 3.05) is 24.9 Å². The summed E-state index contributed by atoms with van der Waals surface area (Å²) in [5, 5.41) is 9.39. The van der Waals surface area contributed by atoms with Gasteiger partial charge in [0.2, 0.25) is 5.95 Å². The van der Waals surface area contributed by atoms with E-state index in [1.165, 1.54) is 10.6 Å². The van der Waals surface area contributed by atoms with Crippen LogP contribution in [0.5, 0.6) is 11.5 Å². The van der Waals surface area contributed by atoms with Crippen LogP contribution in [0.25, 0.3) is 5.78 Å². The summed E-state index contributed by atoms with van der Waals surface area (Å²) in [6, 6.07) is 15.2. The number of hydrogen-bond acceptors (Lipinski definition) is 7. The minimum Gasteiger partial charge on any atom is -0.493 e. The molecule has 160 valence electrons. The Hall–Kier alpha value is -4.01. The SMILES string of the molecule is COc1ccc(CNc2nc3nc(CNc4cccc(C)c4)cc(=O)n3[nH]2)cc1OC. The van der Waals surface area contributed by atoms with Crippen molar-refractivity contribution >= 4 is 17.4 Å². The number of H-pyrrole nitrogens is 1. The first kappa shape index (κ1) is 20.3. The van der Waals surface area contributed by atoms with Crippen LogP contribution in [0.2, 0.25) is 0 Å². The van der Waals surface area contributed by atoms with Gasteiger partial charge in [0.25, 0.3) is 11.3 Å². The van der Waals surface area contributed by atoms with Crippen LogP contribution in [-0.2, 0) is 13.1 Å². The molecule has 9 heteroatoms. The average molecular weight is 420 g/mol. The van der Waals surface area contributed by atoms with E-state index in [9.17, 15) is 4.79 Å². The van der Waals surface area contributed by atoms with Crippen LogP contribution in [0.15, 0.2) is 53.3 Å². The standard InChI is InChI=1S/C22H24N6O3/c1-14-5-4-6-16(9-14)23-13-17-11-20(29)28-22(25-17)26-21(27-28)24-12-15-7-8-18(30-2)19(10-15)31-3/h4-11,23H,12-13H2,1-3H3,(H2,24,25,26,27). The first-order valence-electron chi connectivity index (χ1n) is 9.80. The van der Waals surface area contributed by atoms with Crippen molar-refractivity contribution in [1.29, 1.82) is 0 Å². The Kier molecular flexibility index (Phi) is 5.74. The van der Waals surface area contributed by atoms with Gasteiger partial charge in [-0.25, -0.2) is 4.98 Å². The van der Waals surface area contributed by atoms with Gasteiger partial charge >= 0.3 is 0 Å². The molecule has 0 bridgehead atoms. The first-order valence-corrected chi connectivity index (χ1v) is 9.80. The molecular weight excluding hydrogens is 396 g/mol. The van der Waals surface area contributed by atoms with Gasteiger partial charge in [-0.05, 0) is 42.3 Å². The highest BCUT2D eigenvalue weighted by Crippen LogP contribution is 2.27. The molecule has 2 aromatic heterocycles. The number of methoxy groups -OCH3 is 2. The molecule has 0 aliphatic heterocycles. The van der Waals surface area contributed by atoms with Crippen molar-refractivity contribution in [2.45, 2.75) is 20.0 Å².